The van der Waals surface area contributed by atoms with Crippen molar-refractivity contribution < 1.29 is 22.7 Å². The monoisotopic (exact) mass is 417 g/mol. The van der Waals surface area contributed by atoms with Crippen molar-refractivity contribution in [3.05, 3.63) is 59.4 Å². The fourth-order valence-electron chi connectivity index (χ4n) is 3.89. The molecule has 1 N–H and O–H groups in total. The number of benzene rings is 1. The van der Waals surface area contributed by atoms with Gasteiger partial charge in [0.15, 0.2) is 0 Å². The van der Waals surface area contributed by atoms with Crippen molar-refractivity contribution in [3.8, 4) is 5.75 Å². The lowest BCUT2D eigenvalue weighted by atomic mass is 9.94. The van der Waals surface area contributed by atoms with Crippen LogP contribution in [-0.2, 0) is 17.4 Å². The van der Waals surface area contributed by atoms with E-state index in [-0.39, 0.29) is 11.8 Å². The number of fused-ring (bicyclic) bond motifs is 1. The highest BCUT2D eigenvalue weighted by Gasteiger charge is 2.33. The van der Waals surface area contributed by atoms with E-state index in [9.17, 15) is 18.0 Å². The van der Waals surface area contributed by atoms with Gasteiger partial charge in [-0.05, 0) is 48.7 Å². The van der Waals surface area contributed by atoms with Crippen LogP contribution in [-0.4, -0.2) is 41.0 Å². The standard InChI is InChI=1S/C22H22F3N3O2/c1-30-16-6-4-14(5-7-16)11-21(29)28-10-2-3-15(13-28)18-12-19-17(26-18)8-9-20(27-19)22(23,24)25/h4-9,12,15,26H,2-3,10-11,13H2,1H3/t15-/m1/s1. The van der Waals surface area contributed by atoms with Gasteiger partial charge in [0.25, 0.3) is 0 Å². The first-order valence-corrected chi connectivity index (χ1v) is 9.81. The summed E-state index contributed by atoms with van der Waals surface area (Å²) in [6, 6.07) is 11.5. The maximum Gasteiger partial charge on any atom is 0.433 e. The predicted molar refractivity (Wildman–Crippen MR) is 106 cm³/mol. The Hall–Kier alpha value is -3.03. The van der Waals surface area contributed by atoms with Crippen LogP contribution < -0.4 is 4.74 Å². The maximum absolute atomic E-state index is 12.9. The normalized spacial score (nSPS) is 17.3. The van der Waals surface area contributed by atoms with Gasteiger partial charge >= 0.3 is 6.18 Å². The number of rotatable bonds is 4. The van der Waals surface area contributed by atoms with Crippen LogP contribution in [0.3, 0.4) is 0 Å². The Bertz CT molecular complexity index is 1040. The fourth-order valence-corrected chi connectivity index (χ4v) is 3.89. The van der Waals surface area contributed by atoms with Crippen molar-refractivity contribution in [2.45, 2.75) is 31.4 Å². The summed E-state index contributed by atoms with van der Waals surface area (Å²) in [7, 11) is 1.59. The molecular formula is C22H22F3N3O2. The topological polar surface area (TPSA) is 58.2 Å². The molecule has 4 rings (SSSR count). The molecule has 1 amide bonds. The zero-order valence-electron chi connectivity index (χ0n) is 16.5. The molecule has 0 unspecified atom stereocenters. The summed E-state index contributed by atoms with van der Waals surface area (Å²) >= 11 is 0. The third kappa shape index (κ3) is 4.27. The van der Waals surface area contributed by atoms with E-state index >= 15 is 0 Å². The van der Waals surface area contributed by atoms with Gasteiger partial charge in [-0.3, -0.25) is 4.79 Å². The van der Waals surface area contributed by atoms with E-state index in [2.05, 4.69) is 9.97 Å². The summed E-state index contributed by atoms with van der Waals surface area (Å²) in [4.78, 5) is 21.5. The van der Waals surface area contributed by atoms with Gasteiger partial charge in [0.05, 0.1) is 24.6 Å². The molecule has 1 aliphatic heterocycles. The van der Waals surface area contributed by atoms with Gasteiger partial charge in [-0.25, -0.2) is 4.98 Å². The summed E-state index contributed by atoms with van der Waals surface area (Å²) in [6.07, 6.45) is -2.46. The zero-order valence-corrected chi connectivity index (χ0v) is 16.5. The van der Waals surface area contributed by atoms with Crippen molar-refractivity contribution in [1.29, 1.82) is 0 Å². The Balaban J connectivity index is 1.47. The first kappa shape index (κ1) is 20.3. The number of piperidine rings is 1. The first-order valence-electron chi connectivity index (χ1n) is 9.81. The molecule has 1 saturated heterocycles. The number of alkyl halides is 3. The minimum atomic E-state index is -4.47. The third-order valence-electron chi connectivity index (χ3n) is 5.51. The van der Waals surface area contributed by atoms with Crippen LogP contribution in [0.5, 0.6) is 5.75 Å². The van der Waals surface area contributed by atoms with Gasteiger partial charge in [-0.2, -0.15) is 13.2 Å². The highest BCUT2D eigenvalue weighted by atomic mass is 19.4. The summed E-state index contributed by atoms with van der Waals surface area (Å²) in [6.45, 7) is 1.22. The molecule has 158 valence electrons. The zero-order chi connectivity index (χ0) is 21.3. The van der Waals surface area contributed by atoms with E-state index in [0.717, 1.165) is 35.9 Å². The SMILES string of the molecule is COc1ccc(CC(=O)N2CCC[C@@H](c3cc4nc(C(F)(F)F)ccc4[nH]3)C2)cc1. The summed E-state index contributed by atoms with van der Waals surface area (Å²) in [5.41, 5.74) is 1.69. The van der Waals surface area contributed by atoms with Gasteiger partial charge in [-0.1, -0.05) is 12.1 Å². The van der Waals surface area contributed by atoms with Gasteiger partial charge < -0.3 is 14.6 Å². The number of methoxy groups -OCH3 is 1. The number of hydrogen-bond acceptors (Lipinski definition) is 3. The minimum Gasteiger partial charge on any atom is -0.497 e. The van der Waals surface area contributed by atoms with E-state index in [1.807, 2.05) is 29.2 Å². The number of carbonyl (C=O) groups is 1. The number of amides is 1. The van der Waals surface area contributed by atoms with E-state index in [0.29, 0.717) is 30.5 Å². The molecule has 0 radical (unpaired) electrons. The summed E-state index contributed by atoms with van der Waals surface area (Å²) < 4.78 is 43.9. The third-order valence-corrected chi connectivity index (χ3v) is 5.51. The number of aromatic amines is 1. The van der Waals surface area contributed by atoms with Crippen LogP contribution in [0.4, 0.5) is 13.2 Å². The number of halogens is 3. The molecule has 3 heterocycles. The Morgan fingerprint density at radius 2 is 2.00 bits per heavy atom. The number of pyridine rings is 1. The quantitative estimate of drug-likeness (QED) is 0.678. The van der Waals surface area contributed by atoms with Crippen molar-refractivity contribution in [3.63, 3.8) is 0 Å². The molecule has 2 aromatic heterocycles. The minimum absolute atomic E-state index is 0.0402. The molecule has 8 heteroatoms. The second kappa shape index (κ2) is 8.01. The van der Waals surface area contributed by atoms with Crippen molar-refractivity contribution in [2.75, 3.05) is 20.2 Å². The van der Waals surface area contributed by atoms with Gasteiger partial charge in [-0.15, -0.1) is 0 Å². The molecule has 1 fully saturated rings. The molecule has 30 heavy (non-hydrogen) atoms. The van der Waals surface area contributed by atoms with E-state index in [1.54, 1.807) is 13.2 Å². The predicted octanol–water partition coefficient (Wildman–Crippen LogP) is 4.54. The Labute approximate surface area is 171 Å². The average Bonchev–Trinajstić information content (AvgIpc) is 3.17. The lowest BCUT2D eigenvalue weighted by molar-refractivity contribution is -0.141. The molecule has 0 aliphatic carbocycles. The molecule has 0 spiro atoms. The summed E-state index contributed by atoms with van der Waals surface area (Å²) in [5.74, 6) is 0.825. The van der Waals surface area contributed by atoms with Crippen molar-refractivity contribution >= 4 is 16.9 Å². The molecule has 0 saturated carbocycles. The Morgan fingerprint density at radius 3 is 2.70 bits per heavy atom. The Kier molecular flexibility index (Phi) is 5.40. The molecule has 3 aromatic rings. The lowest BCUT2D eigenvalue weighted by Crippen LogP contribution is -2.40. The van der Waals surface area contributed by atoms with Crippen molar-refractivity contribution in [2.24, 2.45) is 0 Å². The number of ether oxygens (including phenoxy) is 1. The smallest absolute Gasteiger partial charge is 0.433 e. The molecule has 1 atom stereocenters. The number of nitrogens with one attached hydrogen (secondary N) is 1. The van der Waals surface area contributed by atoms with E-state index < -0.39 is 11.9 Å². The largest absolute Gasteiger partial charge is 0.497 e. The molecule has 5 nitrogen and oxygen atoms in total. The highest BCUT2D eigenvalue weighted by molar-refractivity contribution is 5.79. The average molecular weight is 417 g/mol. The van der Waals surface area contributed by atoms with E-state index in [4.69, 9.17) is 4.74 Å². The molecule has 0 bridgehead atoms. The second-order valence-electron chi connectivity index (χ2n) is 7.56. The van der Waals surface area contributed by atoms with Crippen LogP contribution >= 0.6 is 0 Å². The maximum atomic E-state index is 12.9. The van der Waals surface area contributed by atoms with Crippen LogP contribution in [0.1, 0.15) is 35.7 Å². The van der Waals surface area contributed by atoms with Crippen molar-refractivity contribution in [1.82, 2.24) is 14.9 Å². The molecule has 1 aromatic carbocycles. The number of hydrogen-bond donors (Lipinski definition) is 1. The highest BCUT2D eigenvalue weighted by Crippen LogP contribution is 2.32. The van der Waals surface area contributed by atoms with Crippen LogP contribution in [0.15, 0.2) is 42.5 Å². The molecular weight excluding hydrogens is 395 g/mol. The van der Waals surface area contributed by atoms with Crippen LogP contribution in [0.2, 0.25) is 0 Å². The fraction of sp³-hybridized carbons (Fsp3) is 0.364. The summed E-state index contributed by atoms with van der Waals surface area (Å²) in [5, 5.41) is 0. The number of H-pyrrole nitrogens is 1. The second-order valence-corrected chi connectivity index (χ2v) is 7.56. The Morgan fingerprint density at radius 1 is 1.23 bits per heavy atom. The lowest BCUT2D eigenvalue weighted by Gasteiger charge is -2.32. The first-order chi connectivity index (χ1) is 14.3. The van der Waals surface area contributed by atoms with E-state index in [1.165, 1.54) is 6.07 Å². The van der Waals surface area contributed by atoms with Gasteiger partial charge in [0.1, 0.15) is 11.4 Å². The number of nitrogens with zero attached hydrogens (tertiary/aromatic N) is 2. The molecule has 1 aliphatic rings. The number of aromatic nitrogens is 2. The van der Waals surface area contributed by atoms with Crippen LogP contribution in [0.25, 0.3) is 11.0 Å². The number of likely N-dealkylation sites (tertiary alicyclic amines) is 1. The van der Waals surface area contributed by atoms with Gasteiger partial charge in [0, 0.05) is 24.7 Å². The number of carbonyl (C=O) groups excluding carboxylic acids is 1. The van der Waals surface area contributed by atoms with Crippen LogP contribution in [0, 0.1) is 0 Å². The van der Waals surface area contributed by atoms with Gasteiger partial charge in [0.2, 0.25) is 5.91 Å².